The van der Waals surface area contributed by atoms with Crippen LogP contribution in [-0.2, 0) is 44.5 Å². The number of benzene rings is 2. The van der Waals surface area contributed by atoms with E-state index >= 15 is 0 Å². The molecule has 0 aromatic heterocycles. The maximum Gasteiger partial charge on any atom is 0.305 e. The summed E-state index contributed by atoms with van der Waals surface area (Å²) in [4.78, 5) is 63.0. The Morgan fingerprint density at radius 3 is 2.35 bits per heavy atom. The van der Waals surface area contributed by atoms with Gasteiger partial charge in [-0.05, 0) is 13.0 Å². The van der Waals surface area contributed by atoms with Crippen LogP contribution in [0.3, 0.4) is 0 Å². The van der Waals surface area contributed by atoms with Crippen LogP contribution in [0.4, 0.5) is 0 Å². The highest BCUT2D eigenvalue weighted by Crippen LogP contribution is 2.52. The van der Waals surface area contributed by atoms with Crippen molar-refractivity contribution in [3.8, 4) is 17.2 Å². The molecule has 4 unspecified atom stereocenters. The second-order valence-corrected chi connectivity index (χ2v) is 12.8. The molecule has 1 fully saturated rings. The summed E-state index contributed by atoms with van der Waals surface area (Å²) in [6.07, 6.45) is -6.90. The van der Waals surface area contributed by atoms with Crippen molar-refractivity contribution in [2.75, 3.05) is 33.5 Å². The molecule has 0 amide bonds. The molecule has 5 rings (SSSR count). The van der Waals surface area contributed by atoms with Crippen molar-refractivity contribution in [1.82, 2.24) is 5.32 Å². The van der Waals surface area contributed by atoms with Gasteiger partial charge in [-0.25, -0.2) is 0 Å². The van der Waals surface area contributed by atoms with Crippen LogP contribution < -0.4 is 10.1 Å². The number of methoxy groups -OCH3 is 1. The molecule has 6 atom stereocenters. The Hall–Kier alpha value is -4.49. The third-order valence-corrected chi connectivity index (χ3v) is 9.26. The Balaban J connectivity index is 1.41. The molecule has 2 aromatic rings. The summed E-state index contributed by atoms with van der Waals surface area (Å²) in [6.45, 7) is 2.75. The number of ketones is 3. The maximum atomic E-state index is 13.9. The van der Waals surface area contributed by atoms with E-state index in [1.54, 1.807) is 6.92 Å². The molecule has 1 aliphatic heterocycles. The van der Waals surface area contributed by atoms with Crippen molar-refractivity contribution >= 4 is 29.3 Å². The molecule has 17 nitrogen and oxygen atoms in total. The van der Waals surface area contributed by atoms with Crippen LogP contribution in [0.15, 0.2) is 18.2 Å². The third kappa shape index (κ3) is 7.52. The number of aliphatic hydroxyl groups is 3. The molecule has 282 valence electrons. The minimum atomic E-state index is -2.32. The van der Waals surface area contributed by atoms with Crippen LogP contribution in [0, 0.1) is 0 Å². The van der Waals surface area contributed by atoms with E-state index in [1.165, 1.54) is 25.3 Å². The molecule has 52 heavy (non-hydrogen) atoms. The number of aliphatic hydroxyl groups excluding tert-OH is 2. The number of ether oxygens (including phenoxy) is 6. The molecule has 2 aliphatic carbocycles. The molecule has 0 radical (unpaired) electrons. The van der Waals surface area contributed by atoms with Crippen LogP contribution in [0.2, 0.25) is 0 Å². The number of hydrogen-bond donors (Lipinski definition) is 6. The molecule has 1 saturated heterocycles. The van der Waals surface area contributed by atoms with Gasteiger partial charge in [-0.15, -0.1) is 0 Å². The third-order valence-electron chi connectivity index (χ3n) is 9.26. The zero-order valence-electron chi connectivity index (χ0n) is 28.9. The van der Waals surface area contributed by atoms with Crippen LogP contribution in [-0.4, -0.2) is 125 Å². The molecule has 0 saturated carbocycles. The number of Topliss-reactive ketones (excluding diaryl/α,β-unsaturated/α-hetero) is 1. The molecule has 2 aromatic carbocycles. The summed E-state index contributed by atoms with van der Waals surface area (Å²) in [5.41, 5.74) is -3.96. The Kier molecular flexibility index (Phi) is 11.6. The number of carbonyl (C=O) groups is 5. The number of phenols is 2. The van der Waals surface area contributed by atoms with Crippen LogP contribution in [0.5, 0.6) is 17.2 Å². The van der Waals surface area contributed by atoms with Gasteiger partial charge < -0.3 is 59.3 Å². The fraction of sp³-hybridized carbons (Fsp3) is 0.514. The van der Waals surface area contributed by atoms with Crippen molar-refractivity contribution in [2.45, 2.75) is 82.6 Å². The van der Waals surface area contributed by atoms with E-state index in [2.05, 4.69) is 5.32 Å². The largest absolute Gasteiger partial charge is 0.507 e. The Morgan fingerprint density at radius 1 is 1.04 bits per heavy atom. The van der Waals surface area contributed by atoms with Gasteiger partial charge in [0.05, 0.1) is 48.7 Å². The fourth-order valence-electron chi connectivity index (χ4n) is 6.88. The van der Waals surface area contributed by atoms with E-state index in [0.717, 1.165) is 13.8 Å². The van der Waals surface area contributed by atoms with Gasteiger partial charge in [-0.2, -0.15) is 0 Å². The summed E-state index contributed by atoms with van der Waals surface area (Å²) in [6, 6.07) is 3.64. The van der Waals surface area contributed by atoms with E-state index in [9.17, 15) is 49.5 Å². The van der Waals surface area contributed by atoms with Crippen LogP contribution >= 0.6 is 0 Å². The Bertz CT molecular complexity index is 1740. The Labute approximate surface area is 297 Å². The number of aromatic hydroxyl groups is 2. The fourth-order valence-corrected chi connectivity index (χ4v) is 6.88. The van der Waals surface area contributed by atoms with Gasteiger partial charge >= 0.3 is 11.9 Å². The first kappa shape index (κ1) is 38.7. The van der Waals surface area contributed by atoms with E-state index in [-0.39, 0.29) is 54.2 Å². The predicted molar refractivity (Wildman–Crippen MR) is 174 cm³/mol. The lowest BCUT2D eigenvalue weighted by Gasteiger charge is -2.43. The lowest BCUT2D eigenvalue weighted by Crippen LogP contribution is -2.55. The van der Waals surface area contributed by atoms with Gasteiger partial charge in [0.15, 0.2) is 17.9 Å². The number of hydrogen-bond acceptors (Lipinski definition) is 17. The number of fused-ring (bicyclic) bond motifs is 3. The first-order valence-corrected chi connectivity index (χ1v) is 16.5. The zero-order valence-corrected chi connectivity index (χ0v) is 28.9. The van der Waals surface area contributed by atoms with Crippen molar-refractivity contribution in [1.29, 1.82) is 0 Å². The van der Waals surface area contributed by atoms with Crippen molar-refractivity contribution in [3.05, 3.63) is 51.6 Å². The molecular formula is C35H41NO16. The average molecular weight is 732 g/mol. The highest BCUT2D eigenvalue weighted by molar-refractivity contribution is 6.31. The van der Waals surface area contributed by atoms with E-state index in [1.807, 2.05) is 0 Å². The summed E-state index contributed by atoms with van der Waals surface area (Å²) in [5.74, 6) is -5.37. The highest BCUT2D eigenvalue weighted by atomic mass is 16.7. The van der Waals surface area contributed by atoms with Crippen LogP contribution in [0.25, 0.3) is 0 Å². The summed E-state index contributed by atoms with van der Waals surface area (Å²) < 4.78 is 32.7. The topological polar surface area (TPSA) is 254 Å². The van der Waals surface area contributed by atoms with Gasteiger partial charge in [0.25, 0.3) is 6.29 Å². The normalized spacial score (nSPS) is 25.2. The smallest absolute Gasteiger partial charge is 0.305 e. The number of rotatable bonds is 13. The molecule has 1 heterocycles. The van der Waals surface area contributed by atoms with Gasteiger partial charge in [0, 0.05) is 62.4 Å². The highest BCUT2D eigenvalue weighted by Gasteiger charge is 2.50. The molecule has 6 N–H and O–H groups in total. The summed E-state index contributed by atoms with van der Waals surface area (Å²) in [7, 11) is 1.31. The average Bonchev–Trinajstić information content (AvgIpc) is 3.08. The predicted octanol–water partition coefficient (Wildman–Crippen LogP) is 0.101. The van der Waals surface area contributed by atoms with Gasteiger partial charge in [0.2, 0.25) is 5.78 Å². The summed E-state index contributed by atoms with van der Waals surface area (Å²) in [5, 5.41) is 58.4. The van der Waals surface area contributed by atoms with Gasteiger partial charge in [-0.3, -0.25) is 24.0 Å². The zero-order chi connectivity index (χ0) is 38.1. The number of phenolic OH excluding ortho intramolecular Hbond substituents is 2. The van der Waals surface area contributed by atoms with Gasteiger partial charge in [0.1, 0.15) is 36.1 Å². The van der Waals surface area contributed by atoms with E-state index in [4.69, 9.17) is 28.4 Å². The van der Waals surface area contributed by atoms with Crippen molar-refractivity contribution < 1.29 is 77.9 Å². The monoisotopic (exact) mass is 731 g/mol. The van der Waals surface area contributed by atoms with Crippen molar-refractivity contribution in [3.63, 3.8) is 0 Å². The van der Waals surface area contributed by atoms with Gasteiger partial charge in [-0.1, -0.05) is 12.1 Å². The van der Waals surface area contributed by atoms with E-state index < -0.39 is 114 Å². The van der Waals surface area contributed by atoms with E-state index in [0.29, 0.717) is 0 Å². The first-order valence-electron chi connectivity index (χ1n) is 16.5. The second-order valence-electron chi connectivity index (χ2n) is 12.8. The first-order chi connectivity index (χ1) is 24.6. The molecule has 3 aliphatic rings. The lowest BCUT2D eigenvalue weighted by atomic mass is 9.72. The molecule has 0 spiro atoms. The second kappa shape index (κ2) is 15.6. The minimum Gasteiger partial charge on any atom is -0.507 e. The number of carbonyl (C=O) groups excluding carboxylic acids is 5. The number of nitrogens with one attached hydrogen (secondary N) is 1. The molecule has 0 bridgehead atoms. The maximum absolute atomic E-state index is 13.9. The molecule has 17 heteroatoms. The van der Waals surface area contributed by atoms with Crippen LogP contribution in [0.1, 0.15) is 82.7 Å². The Morgan fingerprint density at radius 2 is 1.71 bits per heavy atom. The standard InChI is InChI=1S/C35H41NO16/c1-15-30(41)20(36-8-9-48-14-25(50-16(2)38)51-17(3)39)10-24(49-15)52-22-12-35(46,23(40)13-37)11-19-27(22)34(45)29-28(32(19)43)31(42)18-6-5-7-21(47-4)26(18)33(29)44/h5-7,15,20,22,24-25,30,36-37,41,43,45-46H,8-14H2,1-4H3/t15?,20?,22-,24?,30?,35+/m1/s1. The molecular weight excluding hydrogens is 690 g/mol. The summed E-state index contributed by atoms with van der Waals surface area (Å²) >= 11 is 0. The minimum absolute atomic E-state index is 0.0209. The number of esters is 2. The quantitative estimate of drug-likeness (QED) is 0.0590. The SMILES string of the molecule is COc1cccc2c1C(=O)c1c(O)c3c(c(O)c1C2=O)C[C@@](O)(C(=O)CO)C[C@H]3OC1CC(NCCOCC(OC(C)=O)OC(C)=O)C(O)C(C)O1. The van der Waals surface area contributed by atoms with Crippen molar-refractivity contribution in [2.24, 2.45) is 0 Å². The lowest BCUT2D eigenvalue weighted by molar-refractivity contribution is -0.250.